The number of nitrogens with one attached hydrogen (secondary N) is 1. The Morgan fingerprint density at radius 2 is 2.67 bits per heavy atom. The number of hydrogen-bond donors (Lipinski definition) is 1. The molecule has 2 heterocycles. The zero-order valence-electron chi connectivity index (χ0n) is 5.21. The summed E-state index contributed by atoms with van der Waals surface area (Å²) in [5.41, 5.74) is 3.05. The molecular formula is C6H10N2O. The molecule has 0 aromatic carbocycles. The molecular weight excluding hydrogens is 116 g/mol. The van der Waals surface area contributed by atoms with Crippen LogP contribution in [-0.2, 0) is 4.74 Å². The Labute approximate surface area is 54.1 Å². The van der Waals surface area contributed by atoms with Crippen LogP contribution in [0.2, 0.25) is 0 Å². The number of ether oxygens (including phenoxy) is 1. The lowest BCUT2D eigenvalue weighted by atomic mass is 9.99. The highest BCUT2D eigenvalue weighted by Gasteiger charge is 2.26. The number of fused-ring (bicyclic) bond motifs is 1. The van der Waals surface area contributed by atoms with Crippen molar-refractivity contribution in [3.8, 4) is 0 Å². The van der Waals surface area contributed by atoms with Gasteiger partial charge in [-0.1, -0.05) is 0 Å². The molecule has 0 aromatic rings. The highest BCUT2D eigenvalue weighted by molar-refractivity contribution is 5.63. The third-order valence-corrected chi connectivity index (χ3v) is 1.91. The van der Waals surface area contributed by atoms with Gasteiger partial charge in [-0.15, -0.1) is 0 Å². The summed E-state index contributed by atoms with van der Waals surface area (Å²) >= 11 is 0. The molecule has 1 N–H and O–H groups in total. The van der Waals surface area contributed by atoms with E-state index in [4.69, 9.17) is 4.74 Å². The van der Waals surface area contributed by atoms with E-state index in [1.165, 1.54) is 0 Å². The fourth-order valence-electron chi connectivity index (χ4n) is 1.30. The minimum absolute atomic E-state index is 0.541. The molecule has 2 unspecified atom stereocenters. The van der Waals surface area contributed by atoms with Gasteiger partial charge in [0.15, 0.2) is 0 Å². The molecule has 1 fully saturated rings. The van der Waals surface area contributed by atoms with Crippen LogP contribution in [0, 0.1) is 5.92 Å². The Bertz CT molecular complexity index is 135. The first kappa shape index (κ1) is 5.23. The Kier molecular flexibility index (Phi) is 1.16. The van der Waals surface area contributed by atoms with Gasteiger partial charge in [0.25, 0.3) is 0 Å². The molecule has 0 radical (unpaired) electrons. The van der Waals surface area contributed by atoms with E-state index in [0.29, 0.717) is 12.0 Å². The van der Waals surface area contributed by atoms with Gasteiger partial charge in [0, 0.05) is 18.7 Å². The van der Waals surface area contributed by atoms with Gasteiger partial charge in [0.1, 0.15) is 0 Å². The summed E-state index contributed by atoms with van der Waals surface area (Å²) < 4.78 is 5.25. The summed E-state index contributed by atoms with van der Waals surface area (Å²) in [5, 5.41) is 3.97. The molecule has 9 heavy (non-hydrogen) atoms. The standard InChI is InChI=1S/C6H10N2O/c1-2-9-4-5-3-7-8-6(1)5/h3,5-6,8H,1-2,4H2. The van der Waals surface area contributed by atoms with Crippen molar-refractivity contribution < 1.29 is 4.74 Å². The second-order valence-electron chi connectivity index (χ2n) is 2.54. The van der Waals surface area contributed by atoms with Crippen molar-refractivity contribution >= 4 is 6.21 Å². The minimum Gasteiger partial charge on any atom is -0.381 e. The third-order valence-electron chi connectivity index (χ3n) is 1.91. The van der Waals surface area contributed by atoms with E-state index < -0.39 is 0 Å². The van der Waals surface area contributed by atoms with Crippen LogP contribution in [0.1, 0.15) is 6.42 Å². The minimum atomic E-state index is 0.541. The lowest BCUT2D eigenvalue weighted by Gasteiger charge is -2.23. The van der Waals surface area contributed by atoms with Gasteiger partial charge in [-0.25, -0.2) is 0 Å². The summed E-state index contributed by atoms with van der Waals surface area (Å²) in [6.45, 7) is 1.73. The number of nitrogens with zero attached hydrogens (tertiary/aromatic N) is 1. The number of rotatable bonds is 0. The van der Waals surface area contributed by atoms with Gasteiger partial charge < -0.3 is 10.2 Å². The third kappa shape index (κ3) is 0.812. The molecule has 3 heteroatoms. The first-order chi connectivity index (χ1) is 4.47. The molecule has 0 spiro atoms. The van der Waals surface area contributed by atoms with Crippen molar-refractivity contribution in [3.63, 3.8) is 0 Å². The lowest BCUT2D eigenvalue weighted by Crippen LogP contribution is -2.35. The number of hydrogen-bond acceptors (Lipinski definition) is 3. The zero-order valence-corrected chi connectivity index (χ0v) is 5.21. The summed E-state index contributed by atoms with van der Waals surface area (Å²) in [6, 6.07) is 0.568. The topological polar surface area (TPSA) is 33.6 Å². The van der Waals surface area contributed by atoms with E-state index in [0.717, 1.165) is 19.6 Å². The molecule has 0 amide bonds. The van der Waals surface area contributed by atoms with E-state index in [2.05, 4.69) is 10.5 Å². The molecule has 2 rings (SSSR count). The van der Waals surface area contributed by atoms with Gasteiger partial charge in [0.2, 0.25) is 0 Å². The van der Waals surface area contributed by atoms with Crippen LogP contribution in [0.15, 0.2) is 5.10 Å². The molecule has 0 aromatic heterocycles. The van der Waals surface area contributed by atoms with Gasteiger partial charge >= 0.3 is 0 Å². The largest absolute Gasteiger partial charge is 0.381 e. The van der Waals surface area contributed by atoms with E-state index in [1.54, 1.807) is 0 Å². The average molecular weight is 126 g/mol. The van der Waals surface area contributed by atoms with Gasteiger partial charge in [-0.3, -0.25) is 0 Å². The van der Waals surface area contributed by atoms with Gasteiger partial charge in [-0.2, -0.15) is 5.10 Å². The molecule has 2 aliphatic rings. The molecule has 0 saturated carbocycles. The summed E-state index contributed by atoms with van der Waals surface area (Å²) in [7, 11) is 0. The maximum Gasteiger partial charge on any atom is 0.0564 e. The second-order valence-corrected chi connectivity index (χ2v) is 2.54. The van der Waals surface area contributed by atoms with Crippen molar-refractivity contribution in [1.82, 2.24) is 5.43 Å². The highest BCUT2D eigenvalue weighted by atomic mass is 16.5. The molecule has 2 atom stereocenters. The van der Waals surface area contributed by atoms with E-state index in [9.17, 15) is 0 Å². The Balaban J connectivity index is 2.03. The summed E-state index contributed by atoms with van der Waals surface area (Å²) in [4.78, 5) is 0. The lowest BCUT2D eigenvalue weighted by molar-refractivity contribution is 0.0632. The van der Waals surface area contributed by atoms with Crippen LogP contribution in [-0.4, -0.2) is 25.5 Å². The van der Waals surface area contributed by atoms with E-state index in [1.807, 2.05) is 6.21 Å². The SMILES string of the molecule is C1=NNC2CCOCC12. The fourth-order valence-corrected chi connectivity index (χ4v) is 1.30. The molecule has 0 bridgehead atoms. The Hall–Kier alpha value is -0.570. The Morgan fingerprint density at radius 1 is 1.67 bits per heavy atom. The number of hydrazone groups is 1. The predicted molar refractivity (Wildman–Crippen MR) is 34.3 cm³/mol. The molecule has 50 valence electrons. The molecule has 3 nitrogen and oxygen atoms in total. The predicted octanol–water partition coefficient (Wildman–Crippen LogP) is -0.0195. The average Bonchev–Trinajstić information content (AvgIpc) is 2.33. The van der Waals surface area contributed by atoms with Crippen LogP contribution >= 0.6 is 0 Å². The highest BCUT2D eigenvalue weighted by Crippen LogP contribution is 2.15. The van der Waals surface area contributed by atoms with Crippen molar-refractivity contribution in [2.75, 3.05) is 13.2 Å². The van der Waals surface area contributed by atoms with Crippen molar-refractivity contribution in [3.05, 3.63) is 0 Å². The van der Waals surface area contributed by atoms with Crippen LogP contribution < -0.4 is 5.43 Å². The van der Waals surface area contributed by atoms with Crippen molar-refractivity contribution in [2.24, 2.45) is 11.0 Å². The summed E-state index contributed by atoms with van der Waals surface area (Å²) in [6.07, 6.45) is 3.05. The monoisotopic (exact) mass is 126 g/mol. The summed E-state index contributed by atoms with van der Waals surface area (Å²) in [5.74, 6) is 0.541. The van der Waals surface area contributed by atoms with Crippen LogP contribution in [0.5, 0.6) is 0 Å². The van der Waals surface area contributed by atoms with Crippen molar-refractivity contribution in [1.29, 1.82) is 0 Å². The smallest absolute Gasteiger partial charge is 0.0564 e. The van der Waals surface area contributed by atoms with E-state index >= 15 is 0 Å². The molecule has 0 aliphatic carbocycles. The molecule has 1 saturated heterocycles. The quantitative estimate of drug-likeness (QED) is 0.495. The van der Waals surface area contributed by atoms with Gasteiger partial charge in [-0.05, 0) is 6.42 Å². The van der Waals surface area contributed by atoms with Gasteiger partial charge in [0.05, 0.1) is 12.6 Å². The van der Waals surface area contributed by atoms with Crippen LogP contribution in [0.4, 0.5) is 0 Å². The first-order valence-corrected chi connectivity index (χ1v) is 3.33. The van der Waals surface area contributed by atoms with Crippen LogP contribution in [0.25, 0.3) is 0 Å². The maximum atomic E-state index is 5.25. The zero-order chi connectivity index (χ0) is 6.10. The second kappa shape index (κ2) is 1.99. The fraction of sp³-hybridized carbons (Fsp3) is 0.833. The van der Waals surface area contributed by atoms with E-state index in [-0.39, 0.29) is 0 Å². The normalized spacial score (nSPS) is 40.0. The first-order valence-electron chi connectivity index (χ1n) is 3.33. The van der Waals surface area contributed by atoms with Crippen molar-refractivity contribution in [2.45, 2.75) is 12.5 Å². The Morgan fingerprint density at radius 3 is 3.56 bits per heavy atom. The molecule has 2 aliphatic heterocycles. The van der Waals surface area contributed by atoms with Crippen LogP contribution in [0.3, 0.4) is 0 Å². The maximum absolute atomic E-state index is 5.25.